The van der Waals surface area contributed by atoms with E-state index in [0.29, 0.717) is 12.8 Å². The summed E-state index contributed by atoms with van der Waals surface area (Å²) < 4.78 is 0. The van der Waals surface area contributed by atoms with Gasteiger partial charge in [0.05, 0.1) is 12.1 Å². The van der Waals surface area contributed by atoms with Gasteiger partial charge in [0, 0.05) is 0 Å². The number of carboxylic acid groups (broad SMARTS) is 1. The largest absolute Gasteiger partial charge is 0.480 e. The molecule has 10 heavy (non-hydrogen) atoms. The Hall–Kier alpha value is -1.08. The van der Waals surface area contributed by atoms with Crippen LogP contribution < -0.4 is 5.32 Å². The molecule has 1 fully saturated rings. The van der Waals surface area contributed by atoms with E-state index < -0.39 is 12.0 Å². The Kier molecular flexibility index (Phi) is 1.88. The van der Waals surface area contributed by atoms with Crippen LogP contribution in [-0.4, -0.2) is 23.2 Å². The third-order valence-electron chi connectivity index (χ3n) is 1.60. The minimum absolute atomic E-state index is 0.263. The first-order chi connectivity index (χ1) is 4.74. The maximum absolute atomic E-state index is 10.3. The molecule has 0 spiro atoms. The molecule has 0 aromatic rings. The second-order valence-corrected chi connectivity index (χ2v) is 2.32. The zero-order valence-electron chi connectivity index (χ0n) is 5.37. The number of hydrogen-bond acceptors (Lipinski definition) is 3. The van der Waals surface area contributed by atoms with E-state index in [9.17, 15) is 4.79 Å². The molecule has 1 rings (SSSR count). The molecule has 0 aromatic carbocycles. The smallest absolute Gasteiger partial charge is 0.320 e. The van der Waals surface area contributed by atoms with Gasteiger partial charge in [0.1, 0.15) is 6.04 Å². The molecule has 2 atom stereocenters. The monoisotopic (exact) mass is 140 g/mol. The summed E-state index contributed by atoms with van der Waals surface area (Å²) >= 11 is 0. The highest BCUT2D eigenvalue weighted by Gasteiger charge is 2.28. The lowest BCUT2D eigenvalue weighted by Gasteiger charge is -2.02. The summed E-state index contributed by atoms with van der Waals surface area (Å²) in [4.78, 5) is 10.3. The number of nitriles is 1. The van der Waals surface area contributed by atoms with Crippen molar-refractivity contribution in [2.24, 2.45) is 0 Å². The number of carbonyl (C=O) groups is 1. The second-order valence-electron chi connectivity index (χ2n) is 2.32. The van der Waals surface area contributed by atoms with Crippen molar-refractivity contribution in [2.45, 2.75) is 24.9 Å². The predicted octanol–water partition coefficient (Wildman–Crippen LogP) is -0.285. The Bertz CT molecular complexity index is 185. The van der Waals surface area contributed by atoms with Gasteiger partial charge in [-0.15, -0.1) is 0 Å². The SMILES string of the molecule is N#CC1CCC(C(=O)O)N1. The number of aliphatic carboxylic acids is 1. The van der Waals surface area contributed by atoms with Gasteiger partial charge in [-0.1, -0.05) is 0 Å². The minimum Gasteiger partial charge on any atom is -0.480 e. The first-order valence-corrected chi connectivity index (χ1v) is 3.12. The lowest BCUT2D eigenvalue weighted by molar-refractivity contribution is -0.139. The standard InChI is InChI=1S/C6H8N2O2/c7-3-4-1-2-5(8-4)6(9)10/h4-5,8H,1-2H2,(H,9,10). The van der Waals surface area contributed by atoms with E-state index in [0.717, 1.165) is 0 Å². The van der Waals surface area contributed by atoms with Gasteiger partial charge >= 0.3 is 5.97 Å². The van der Waals surface area contributed by atoms with Gasteiger partial charge in [-0.2, -0.15) is 5.26 Å². The van der Waals surface area contributed by atoms with E-state index in [1.54, 1.807) is 0 Å². The maximum atomic E-state index is 10.3. The summed E-state index contributed by atoms with van der Waals surface area (Å²) in [7, 11) is 0. The zero-order chi connectivity index (χ0) is 7.56. The quantitative estimate of drug-likeness (QED) is 0.525. The number of rotatable bonds is 1. The molecule has 1 saturated heterocycles. The van der Waals surface area contributed by atoms with Crippen LogP contribution in [0.3, 0.4) is 0 Å². The predicted molar refractivity (Wildman–Crippen MR) is 33.2 cm³/mol. The number of nitrogens with one attached hydrogen (secondary N) is 1. The number of hydrogen-bond donors (Lipinski definition) is 2. The van der Waals surface area contributed by atoms with Gasteiger partial charge in [-0.3, -0.25) is 10.1 Å². The number of nitrogens with zero attached hydrogens (tertiary/aromatic N) is 1. The molecule has 2 N–H and O–H groups in total. The van der Waals surface area contributed by atoms with Gasteiger partial charge in [-0.05, 0) is 12.8 Å². The average molecular weight is 140 g/mol. The first-order valence-electron chi connectivity index (χ1n) is 3.12. The van der Waals surface area contributed by atoms with Crippen molar-refractivity contribution in [3.8, 4) is 6.07 Å². The van der Waals surface area contributed by atoms with Crippen LogP contribution in [0.25, 0.3) is 0 Å². The molecule has 4 nitrogen and oxygen atoms in total. The third-order valence-corrected chi connectivity index (χ3v) is 1.60. The van der Waals surface area contributed by atoms with Crippen molar-refractivity contribution in [1.82, 2.24) is 5.32 Å². The molecule has 1 heterocycles. The summed E-state index contributed by atoms with van der Waals surface area (Å²) in [5, 5.41) is 19.5. The van der Waals surface area contributed by atoms with Crippen LogP contribution in [-0.2, 0) is 4.79 Å². The second kappa shape index (κ2) is 2.67. The summed E-state index contributed by atoms with van der Waals surface area (Å²) in [5.74, 6) is -0.863. The molecule has 54 valence electrons. The summed E-state index contributed by atoms with van der Waals surface area (Å²) in [6.07, 6.45) is 1.21. The van der Waals surface area contributed by atoms with Crippen LogP contribution in [0.4, 0.5) is 0 Å². The van der Waals surface area contributed by atoms with Gasteiger partial charge < -0.3 is 5.11 Å². The Morgan fingerprint density at radius 1 is 1.70 bits per heavy atom. The molecule has 0 amide bonds. The van der Waals surface area contributed by atoms with Crippen LogP contribution in [0.5, 0.6) is 0 Å². The van der Waals surface area contributed by atoms with Crippen molar-refractivity contribution in [2.75, 3.05) is 0 Å². The van der Waals surface area contributed by atoms with Crippen molar-refractivity contribution >= 4 is 5.97 Å². The minimum atomic E-state index is -0.863. The third kappa shape index (κ3) is 1.25. The van der Waals surface area contributed by atoms with Crippen LogP contribution in [0.1, 0.15) is 12.8 Å². The van der Waals surface area contributed by atoms with Gasteiger partial charge in [-0.25, -0.2) is 0 Å². The molecule has 0 aliphatic carbocycles. The Balaban J connectivity index is 2.45. The Labute approximate surface area is 58.5 Å². The molecule has 0 aromatic heterocycles. The lowest BCUT2D eigenvalue weighted by atomic mass is 10.2. The Morgan fingerprint density at radius 2 is 2.40 bits per heavy atom. The number of carboxylic acids is 1. The van der Waals surface area contributed by atoms with Crippen molar-refractivity contribution in [3.05, 3.63) is 0 Å². The zero-order valence-corrected chi connectivity index (χ0v) is 5.37. The molecule has 0 bridgehead atoms. The van der Waals surface area contributed by atoms with Gasteiger partial charge in [0.15, 0.2) is 0 Å². The van der Waals surface area contributed by atoms with Crippen LogP contribution in [0.2, 0.25) is 0 Å². The van der Waals surface area contributed by atoms with Crippen molar-refractivity contribution < 1.29 is 9.90 Å². The molecule has 0 radical (unpaired) electrons. The molecule has 1 aliphatic heterocycles. The molecule has 0 saturated carbocycles. The lowest BCUT2D eigenvalue weighted by Crippen LogP contribution is -2.34. The van der Waals surface area contributed by atoms with E-state index in [4.69, 9.17) is 10.4 Å². The fourth-order valence-electron chi connectivity index (χ4n) is 1.04. The molecular weight excluding hydrogens is 132 g/mol. The highest BCUT2D eigenvalue weighted by Crippen LogP contribution is 2.10. The molecule has 4 heteroatoms. The van der Waals surface area contributed by atoms with E-state index in [2.05, 4.69) is 5.32 Å². The van der Waals surface area contributed by atoms with Crippen LogP contribution in [0.15, 0.2) is 0 Å². The van der Waals surface area contributed by atoms with Crippen molar-refractivity contribution in [1.29, 1.82) is 5.26 Å². The van der Waals surface area contributed by atoms with Crippen LogP contribution >= 0.6 is 0 Å². The van der Waals surface area contributed by atoms with E-state index >= 15 is 0 Å². The topological polar surface area (TPSA) is 73.1 Å². The Morgan fingerprint density at radius 3 is 2.70 bits per heavy atom. The van der Waals surface area contributed by atoms with Gasteiger partial charge in [0.2, 0.25) is 0 Å². The fourth-order valence-corrected chi connectivity index (χ4v) is 1.04. The molecule has 1 aliphatic rings. The van der Waals surface area contributed by atoms with E-state index in [-0.39, 0.29) is 6.04 Å². The first kappa shape index (κ1) is 7.03. The highest BCUT2D eigenvalue weighted by molar-refractivity contribution is 5.73. The van der Waals surface area contributed by atoms with Gasteiger partial charge in [0.25, 0.3) is 0 Å². The van der Waals surface area contributed by atoms with E-state index in [1.165, 1.54) is 0 Å². The maximum Gasteiger partial charge on any atom is 0.320 e. The highest BCUT2D eigenvalue weighted by atomic mass is 16.4. The summed E-state index contributed by atoms with van der Waals surface area (Å²) in [5.41, 5.74) is 0. The van der Waals surface area contributed by atoms with E-state index in [1.807, 2.05) is 6.07 Å². The van der Waals surface area contributed by atoms with Crippen molar-refractivity contribution in [3.63, 3.8) is 0 Å². The summed E-state index contributed by atoms with van der Waals surface area (Å²) in [6.45, 7) is 0. The molecular formula is C6H8N2O2. The average Bonchev–Trinajstić information content (AvgIpc) is 2.34. The fraction of sp³-hybridized carbons (Fsp3) is 0.667. The molecule has 2 unspecified atom stereocenters. The summed E-state index contributed by atoms with van der Waals surface area (Å²) in [6, 6.07) is 1.20. The normalized spacial score (nSPS) is 31.5. The van der Waals surface area contributed by atoms with Crippen LogP contribution in [0, 0.1) is 11.3 Å².